The second kappa shape index (κ2) is 8.47. The lowest BCUT2D eigenvalue weighted by molar-refractivity contribution is -0.114. The van der Waals surface area contributed by atoms with Gasteiger partial charge >= 0.3 is 0 Å². The summed E-state index contributed by atoms with van der Waals surface area (Å²) >= 11 is 8.37. The largest absolute Gasteiger partial charge is 0.485 e. The molecule has 0 bridgehead atoms. The van der Waals surface area contributed by atoms with E-state index in [1.165, 1.54) is 0 Å². The number of rotatable bonds is 7. The first-order valence-electron chi connectivity index (χ1n) is 4.12. The fourth-order valence-corrected chi connectivity index (χ4v) is 0.852. The molecule has 13 heavy (non-hydrogen) atoms. The Morgan fingerprint density at radius 2 is 2.15 bits per heavy atom. The lowest BCUT2D eigenvalue weighted by Gasteiger charge is -2.06. The van der Waals surface area contributed by atoms with E-state index in [0.717, 1.165) is 12.8 Å². The van der Waals surface area contributed by atoms with E-state index in [1.54, 1.807) is 0 Å². The summed E-state index contributed by atoms with van der Waals surface area (Å²) in [5.74, 6) is 0. The number of hydrogen-bond acceptors (Lipinski definition) is 4. The van der Waals surface area contributed by atoms with Gasteiger partial charge in [-0.25, -0.2) is 0 Å². The maximum atomic E-state index is 10.3. The minimum Gasteiger partial charge on any atom is -0.485 e. The molecule has 0 fully saturated rings. The molecule has 0 N–H and O–H groups in total. The van der Waals surface area contributed by atoms with Crippen molar-refractivity contribution in [3.8, 4) is 0 Å². The summed E-state index contributed by atoms with van der Waals surface area (Å²) in [6.45, 7) is 2.85. The number of carbonyl (C=O) groups is 1. The van der Waals surface area contributed by atoms with Gasteiger partial charge in [0.1, 0.15) is 13.2 Å². The van der Waals surface area contributed by atoms with Gasteiger partial charge in [-0.3, -0.25) is 4.79 Å². The molecular weight excluding hydrogens is 208 g/mol. The van der Waals surface area contributed by atoms with E-state index in [0.29, 0.717) is 11.7 Å². The van der Waals surface area contributed by atoms with Crippen molar-refractivity contribution in [1.82, 2.24) is 0 Å². The summed E-state index contributed by atoms with van der Waals surface area (Å²) < 4.78 is 10.0. The van der Waals surface area contributed by atoms with Crippen LogP contribution in [0.1, 0.15) is 19.8 Å². The van der Waals surface area contributed by atoms with E-state index < -0.39 is 0 Å². The Bertz CT molecular complexity index is 171. The summed E-state index contributed by atoms with van der Waals surface area (Å²) in [7, 11) is 0. The van der Waals surface area contributed by atoms with Crippen LogP contribution in [0.2, 0.25) is 0 Å². The van der Waals surface area contributed by atoms with E-state index >= 15 is 0 Å². The first-order valence-corrected chi connectivity index (χ1v) is 4.97. The average Bonchev–Trinajstić information content (AvgIpc) is 2.04. The summed E-state index contributed by atoms with van der Waals surface area (Å²) in [5, 5.41) is 0.0828. The lowest BCUT2D eigenvalue weighted by Crippen LogP contribution is -2.13. The third-order valence-electron chi connectivity index (χ3n) is 1.21. The van der Waals surface area contributed by atoms with Gasteiger partial charge in [-0.1, -0.05) is 13.3 Å². The molecule has 0 saturated heterocycles. The van der Waals surface area contributed by atoms with Crippen molar-refractivity contribution in [2.45, 2.75) is 19.8 Å². The van der Waals surface area contributed by atoms with E-state index in [4.69, 9.17) is 21.7 Å². The Kier molecular flexibility index (Phi) is 8.38. The molecule has 0 unspecified atom stereocenters. The summed E-state index contributed by atoms with van der Waals surface area (Å²) in [6, 6.07) is 0. The highest BCUT2D eigenvalue weighted by atomic mass is 32.1. The number of carbonyl (C=O) groups excluding carboxylic acids is 1. The molecule has 3 nitrogen and oxygen atoms in total. The van der Waals surface area contributed by atoms with Crippen LogP contribution in [-0.2, 0) is 14.3 Å². The molecule has 0 aliphatic carbocycles. The van der Waals surface area contributed by atoms with E-state index in [-0.39, 0.29) is 18.3 Å². The van der Waals surface area contributed by atoms with Crippen molar-refractivity contribution in [2.75, 3.05) is 19.8 Å². The van der Waals surface area contributed by atoms with Gasteiger partial charge in [0, 0.05) is 0 Å². The van der Waals surface area contributed by atoms with Gasteiger partial charge in [-0.05, 0) is 18.6 Å². The Labute approximate surface area is 89.2 Å². The van der Waals surface area contributed by atoms with Crippen LogP contribution in [0, 0.1) is 0 Å². The van der Waals surface area contributed by atoms with Gasteiger partial charge in [0.05, 0.1) is 6.61 Å². The van der Waals surface area contributed by atoms with Crippen LogP contribution < -0.4 is 0 Å². The number of thiol groups is 1. The number of hydrogen-bond donors (Lipinski definition) is 1. The molecule has 0 spiro atoms. The predicted molar refractivity (Wildman–Crippen MR) is 58.3 cm³/mol. The molecule has 0 saturated carbocycles. The molecule has 0 aliphatic heterocycles. The highest BCUT2D eigenvalue weighted by Gasteiger charge is 1.99. The van der Waals surface area contributed by atoms with E-state index in [2.05, 4.69) is 19.6 Å². The normalized spacial score (nSPS) is 9.69. The topological polar surface area (TPSA) is 35.5 Å². The minimum absolute atomic E-state index is 0.0274. The van der Waals surface area contributed by atoms with Gasteiger partial charge in [0.15, 0.2) is 5.05 Å². The van der Waals surface area contributed by atoms with Crippen LogP contribution in [0.5, 0.6) is 0 Å². The molecule has 5 heteroatoms. The zero-order valence-corrected chi connectivity index (χ0v) is 9.33. The van der Waals surface area contributed by atoms with Crippen LogP contribution >= 0.6 is 24.8 Å². The lowest BCUT2D eigenvalue weighted by atomic mass is 10.4. The quantitative estimate of drug-likeness (QED) is 0.403. The van der Waals surface area contributed by atoms with Crippen LogP contribution in [-0.4, -0.2) is 30.0 Å². The molecule has 0 aromatic carbocycles. The molecule has 76 valence electrons. The van der Waals surface area contributed by atoms with E-state index in [9.17, 15) is 4.79 Å². The Hall–Kier alpha value is -0.130. The first kappa shape index (κ1) is 12.9. The SMILES string of the molecule is CCCCOC(=S)COCC(=O)S. The number of unbranched alkanes of at least 4 members (excludes halogenated alkanes) is 1. The fraction of sp³-hybridized carbons (Fsp3) is 0.750. The average molecular weight is 222 g/mol. The van der Waals surface area contributed by atoms with Gasteiger partial charge < -0.3 is 9.47 Å². The van der Waals surface area contributed by atoms with Crippen molar-refractivity contribution in [2.24, 2.45) is 0 Å². The molecule has 0 atom stereocenters. The van der Waals surface area contributed by atoms with Crippen molar-refractivity contribution in [1.29, 1.82) is 0 Å². The Morgan fingerprint density at radius 1 is 1.46 bits per heavy atom. The Balaban J connectivity index is 3.25. The maximum absolute atomic E-state index is 10.3. The fourth-order valence-electron chi connectivity index (χ4n) is 0.594. The molecule has 0 aromatic heterocycles. The highest BCUT2D eigenvalue weighted by Crippen LogP contribution is 1.92. The highest BCUT2D eigenvalue weighted by molar-refractivity contribution is 7.96. The Morgan fingerprint density at radius 3 is 2.69 bits per heavy atom. The zero-order valence-electron chi connectivity index (χ0n) is 7.62. The summed E-state index contributed by atoms with van der Waals surface area (Å²) in [4.78, 5) is 10.3. The second-order valence-electron chi connectivity index (χ2n) is 2.46. The minimum atomic E-state index is -0.309. The monoisotopic (exact) mass is 222 g/mol. The molecule has 0 aromatic rings. The number of thiocarbonyl (C=S) groups is 1. The van der Waals surface area contributed by atoms with Crippen LogP contribution in [0.3, 0.4) is 0 Å². The first-order chi connectivity index (χ1) is 6.16. The molecule has 0 heterocycles. The number of ether oxygens (including phenoxy) is 2. The van der Waals surface area contributed by atoms with Crippen molar-refractivity contribution < 1.29 is 14.3 Å². The van der Waals surface area contributed by atoms with Gasteiger partial charge in [0.25, 0.3) is 0 Å². The van der Waals surface area contributed by atoms with Crippen LogP contribution in [0.4, 0.5) is 0 Å². The van der Waals surface area contributed by atoms with Crippen molar-refractivity contribution in [3.05, 3.63) is 0 Å². The van der Waals surface area contributed by atoms with Crippen LogP contribution in [0.25, 0.3) is 0 Å². The summed E-state index contributed by atoms with van der Waals surface area (Å²) in [6.07, 6.45) is 2.05. The standard InChI is InChI=1S/C8H14O3S2/c1-2-3-4-11-8(13)6-10-5-7(9)12/h2-6H2,1H3,(H,9,12). The third-order valence-corrected chi connectivity index (χ3v) is 1.57. The predicted octanol–water partition coefficient (Wildman–Crippen LogP) is 1.60. The summed E-state index contributed by atoms with van der Waals surface area (Å²) in [5.41, 5.74) is 0. The zero-order chi connectivity index (χ0) is 10.1. The van der Waals surface area contributed by atoms with Gasteiger partial charge in [0.2, 0.25) is 5.12 Å². The van der Waals surface area contributed by atoms with Crippen molar-refractivity contribution >= 4 is 35.0 Å². The smallest absolute Gasteiger partial charge is 0.211 e. The molecular formula is C8H14O3S2. The maximum Gasteiger partial charge on any atom is 0.211 e. The van der Waals surface area contributed by atoms with Gasteiger partial charge in [-0.2, -0.15) is 0 Å². The van der Waals surface area contributed by atoms with Gasteiger partial charge in [-0.15, -0.1) is 12.6 Å². The van der Waals surface area contributed by atoms with E-state index in [1.807, 2.05) is 0 Å². The molecule has 0 rings (SSSR count). The van der Waals surface area contributed by atoms with Crippen LogP contribution in [0.15, 0.2) is 0 Å². The molecule has 0 radical (unpaired) electrons. The molecule has 0 aliphatic rings. The molecule has 0 amide bonds. The third kappa shape index (κ3) is 9.79. The second-order valence-corrected chi connectivity index (χ2v) is 3.41. The van der Waals surface area contributed by atoms with Crippen molar-refractivity contribution in [3.63, 3.8) is 0 Å².